The number of thioether (sulfide) groups is 1. The van der Waals surface area contributed by atoms with E-state index in [-0.39, 0.29) is 17.2 Å². The van der Waals surface area contributed by atoms with Crippen molar-refractivity contribution in [1.29, 1.82) is 0 Å². The number of nitrogens with zero attached hydrogens (tertiary/aromatic N) is 2. The molecule has 0 saturated carbocycles. The number of rotatable bonds is 4. The van der Waals surface area contributed by atoms with Gasteiger partial charge in [0, 0.05) is 30.3 Å². The van der Waals surface area contributed by atoms with E-state index in [1.54, 1.807) is 6.20 Å². The van der Waals surface area contributed by atoms with Crippen molar-refractivity contribution < 1.29 is 4.79 Å². The van der Waals surface area contributed by atoms with Gasteiger partial charge < -0.3 is 4.90 Å². The molecule has 2 heterocycles. The van der Waals surface area contributed by atoms with Crippen molar-refractivity contribution in [3.63, 3.8) is 0 Å². The fourth-order valence-electron chi connectivity index (χ4n) is 2.93. The molecule has 2 aromatic rings. The van der Waals surface area contributed by atoms with Gasteiger partial charge in [0.15, 0.2) is 0 Å². The molecule has 4 heteroatoms. The molecule has 22 heavy (non-hydrogen) atoms. The van der Waals surface area contributed by atoms with E-state index in [9.17, 15) is 4.79 Å². The summed E-state index contributed by atoms with van der Waals surface area (Å²) in [6, 6.07) is 14.1. The molecule has 1 fully saturated rings. The van der Waals surface area contributed by atoms with Gasteiger partial charge in [-0.1, -0.05) is 43.3 Å². The highest BCUT2D eigenvalue weighted by atomic mass is 32.2. The summed E-state index contributed by atoms with van der Waals surface area (Å²) < 4.78 is 0. The van der Waals surface area contributed by atoms with Crippen LogP contribution in [0.3, 0.4) is 0 Å². The van der Waals surface area contributed by atoms with Crippen LogP contribution in [0.1, 0.15) is 35.8 Å². The summed E-state index contributed by atoms with van der Waals surface area (Å²) in [6.07, 6.45) is 4.46. The Morgan fingerprint density at radius 1 is 1.32 bits per heavy atom. The van der Waals surface area contributed by atoms with Crippen LogP contribution in [0.4, 0.5) is 0 Å². The van der Waals surface area contributed by atoms with Crippen LogP contribution >= 0.6 is 11.8 Å². The van der Waals surface area contributed by atoms with Gasteiger partial charge in [0.1, 0.15) is 5.37 Å². The minimum atomic E-state index is -0.0564. The van der Waals surface area contributed by atoms with E-state index in [2.05, 4.69) is 18.0 Å². The zero-order valence-corrected chi connectivity index (χ0v) is 13.5. The Morgan fingerprint density at radius 3 is 2.82 bits per heavy atom. The molecule has 0 unspecified atom stereocenters. The number of pyridine rings is 1. The number of carbonyl (C=O) groups excluding carboxylic acids is 1. The second kappa shape index (κ2) is 6.97. The average Bonchev–Trinajstić information content (AvgIpc) is 3.07. The molecule has 3 rings (SSSR count). The minimum absolute atomic E-state index is 0.0564. The Balaban J connectivity index is 1.84. The third kappa shape index (κ3) is 3.02. The smallest absolute Gasteiger partial charge is 0.231 e. The molecule has 1 aromatic carbocycles. The van der Waals surface area contributed by atoms with Crippen LogP contribution in [-0.4, -0.2) is 28.1 Å². The SMILES string of the molecule is CC[C@@H](C(=O)N1CCS[C@H]1c1cccnc1)c1ccccc1. The summed E-state index contributed by atoms with van der Waals surface area (Å²) in [4.78, 5) is 19.3. The molecular weight excluding hydrogens is 292 g/mol. The van der Waals surface area contributed by atoms with Crippen molar-refractivity contribution in [3.8, 4) is 0 Å². The lowest BCUT2D eigenvalue weighted by atomic mass is 9.95. The van der Waals surface area contributed by atoms with Crippen molar-refractivity contribution in [2.45, 2.75) is 24.6 Å². The average molecular weight is 312 g/mol. The standard InChI is InChI=1S/C18H20N2OS/c1-2-16(14-7-4-3-5-8-14)17(21)20-11-12-22-18(20)15-9-6-10-19-13-15/h3-10,13,16,18H,2,11-12H2,1H3/t16-,18+/m1/s1. The summed E-state index contributed by atoms with van der Waals surface area (Å²) in [7, 11) is 0. The van der Waals surface area contributed by atoms with Gasteiger partial charge in [-0.3, -0.25) is 9.78 Å². The van der Waals surface area contributed by atoms with Crippen LogP contribution < -0.4 is 0 Å². The third-order valence-corrected chi connectivity index (χ3v) is 5.31. The first-order valence-electron chi connectivity index (χ1n) is 7.68. The molecule has 1 amide bonds. The molecule has 1 aromatic heterocycles. The number of hydrogen-bond donors (Lipinski definition) is 0. The zero-order valence-electron chi connectivity index (χ0n) is 12.7. The summed E-state index contributed by atoms with van der Waals surface area (Å²) in [5, 5.41) is 0.0963. The first-order valence-corrected chi connectivity index (χ1v) is 8.73. The highest BCUT2D eigenvalue weighted by molar-refractivity contribution is 7.99. The summed E-state index contributed by atoms with van der Waals surface area (Å²) >= 11 is 1.82. The van der Waals surface area contributed by atoms with E-state index < -0.39 is 0 Å². The number of carbonyl (C=O) groups is 1. The fourth-order valence-corrected chi connectivity index (χ4v) is 4.18. The van der Waals surface area contributed by atoms with Crippen molar-refractivity contribution >= 4 is 17.7 Å². The van der Waals surface area contributed by atoms with Crippen LogP contribution in [0.25, 0.3) is 0 Å². The van der Waals surface area contributed by atoms with E-state index in [1.807, 2.05) is 59.3 Å². The molecule has 0 spiro atoms. The van der Waals surface area contributed by atoms with Gasteiger partial charge in [0.2, 0.25) is 5.91 Å². The van der Waals surface area contributed by atoms with Crippen molar-refractivity contribution in [2.24, 2.45) is 0 Å². The van der Waals surface area contributed by atoms with Crippen LogP contribution in [0.5, 0.6) is 0 Å². The summed E-state index contributed by atoms with van der Waals surface area (Å²) in [5.74, 6) is 1.16. The lowest BCUT2D eigenvalue weighted by molar-refractivity contribution is -0.133. The second-order valence-corrected chi connectivity index (χ2v) is 6.60. The van der Waals surface area contributed by atoms with E-state index in [0.29, 0.717) is 0 Å². The van der Waals surface area contributed by atoms with E-state index in [1.165, 1.54) is 0 Å². The predicted octanol–water partition coefficient (Wildman–Crippen LogP) is 3.85. The molecule has 0 N–H and O–H groups in total. The minimum Gasteiger partial charge on any atom is -0.325 e. The molecule has 0 aliphatic carbocycles. The van der Waals surface area contributed by atoms with Gasteiger partial charge in [-0.05, 0) is 18.1 Å². The van der Waals surface area contributed by atoms with Gasteiger partial charge >= 0.3 is 0 Å². The normalized spacial score (nSPS) is 19.1. The Morgan fingerprint density at radius 2 is 2.14 bits per heavy atom. The number of benzene rings is 1. The Kier molecular flexibility index (Phi) is 4.78. The predicted molar refractivity (Wildman–Crippen MR) is 90.6 cm³/mol. The molecule has 1 aliphatic rings. The van der Waals surface area contributed by atoms with E-state index >= 15 is 0 Å². The molecule has 1 aliphatic heterocycles. The molecule has 0 bridgehead atoms. The summed E-state index contributed by atoms with van der Waals surface area (Å²) in [6.45, 7) is 2.89. The van der Waals surface area contributed by atoms with Crippen molar-refractivity contribution in [3.05, 3.63) is 66.0 Å². The topological polar surface area (TPSA) is 33.2 Å². The second-order valence-electron chi connectivity index (χ2n) is 5.41. The molecule has 2 atom stereocenters. The Hall–Kier alpha value is -1.81. The lowest BCUT2D eigenvalue weighted by Crippen LogP contribution is -2.34. The molecule has 114 valence electrons. The first kappa shape index (κ1) is 15.1. The molecule has 1 saturated heterocycles. The van der Waals surface area contributed by atoms with Gasteiger partial charge in [0.25, 0.3) is 0 Å². The third-order valence-electron chi connectivity index (χ3n) is 4.05. The van der Waals surface area contributed by atoms with E-state index in [4.69, 9.17) is 0 Å². The Labute approximate surface area is 135 Å². The van der Waals surface area contributed by atoms with Gasteiger partial charge in [-0.2, -0.15) is 0 Å². The zero-order chi connectivity index (χ0) is 15.4. The van der Waals surface area contributed by atoms with Gasteiger partial charge in [-0.15, -0.1) is 11.8 Å². The van der Waals surface area contributed by atoms with Crippen LogP contribution in [0, 0.1) is 0 Å². The quantitative estimate of drug-likeness (QED) is 0.860. The maximum atomic E-state index is 13.1. The number of hydrogen-bond acceptors (Lipinski definition) is 3. The van der Waals surface area contributed by atoms with Gasteiger partial charge in [-0.25, -0.2) is 0 Å². The highest BCUT2D eigenvalue weighted by Gasteiger charge is 2.34. The number of aromatic nitrogens is 1. The largest absolute Gasteiger partial charge is 0.325 e. The van der Waals surface area contributed by atoms with E-state index in [0.717, 1.165) is 29.8 Å². The summed E-state index contributed by atoms with van der Waals surface area (Å²) in [5.41, 5.74) is 2.22. The molecule has 3 nitrogen and oxygen atoms in total. The fraction of sp³-hybridized carbons (Fsp3) is 0.333. The van der Waals surface area contributed by atoms with Crippen LogP contribution in [-0.2, 0) is 4.79 Å². The van der Waals surface area contributed by atoms with Crippen molar-refractivity contribution in [2.75, 3.05) is 12.3 Å². The van der Waals surface area contributed by atoms with Gasteiger partial charge in [0.05, 0.1) is 5.92 Å². The maximum Gasteiger partial charge on any atom is 0.231 e. The lowest BCUT2D eigenvalue weighted by Gasteiger charge is -2.28. The molecular formula is C18H20N2OS. The first-order chi connectivity index (χ1) is 10.8. The molecule has 0 radical (unpaired) electrons. The Bertz CT molecular complexity index is 617. The highest BCUT2D eigenvalue weighted by Crippen LogP contribution is 2.39. The van der Waals surface area contributed by atoms with Crippen LogP contribution in [0.2, 0.25) is 0 Å². The maximum absolute atomic E-state index is 13.1. The van der Waals surface area contributed by atoms with Crippen molar-refractivity contribution in [1.82, 2.24) is 9.88 Å². The number of amides is 1. The van der Waals surface area contributed by atoms with Crippen LogP contribution in [0.15, 0.2) is 54.9 Å². The monoisotopic (exact) mass is 312 g/mol.